The molecule has 2 unspecified atom stereocenters. The van der Waals surface area contributed by atoms with Gasteiger partial charge in [0.05, 0.1) is 51.7 Å². The summed E-state index contributed by atoms with van der Waals surface area (Å²) >= 11 is 0.503. The first-order valence-corrected chi connectivity index (χ1v) is 25.7. The topological polar surface area (TPSA) is 355 Å². The minimum Gasteiger partial charge on any atom is -0.744 e. The van der Waals surface area contributed by atoms with Crippen LogP contribution in [0.25, 0.3) is 0 Å². The van der Waals surface area contributed by atoms with Gasteiger partial charge in [-0.1, -0.05) is 71.8 Å². The van der Waals surface area contributed by atoms with Gasteiger partial charge in [-0.2, -0.15) is 4.33 Å². The molecule has 1 radical (unpaired) electrons. The number of rotatable bonds is 36. The van der Waals surface area contributed by atoms with E-state index >= 15 is 0 Å². The first kappa shape index (κ1) is 65.3. The fraction of sp³-hybridized carbons (Fsp3) is 0.327. The van der Waals surface area contributed by atoms with E-state index in [0.717, 1.165) is 38.1 Å². The van der Waals surface area contributed by atoms with Crippen LogP contribution in [0, 0.1) is 53.8 Å². The van der Waals surface area contributed by atoms with Crippen LogP contribution in [0.4, 0.5) is 0 Å². The molecule has 0 saturated heterocycles. The first-order chi connectivity index (χ1) is 37.1. The molecule has 24 nitrogen and oxygen atoms in total. The van der Waals surface area contributed by atoms with E-state index in [0.29, 0.717) is 23.4 Å². The Kier molecular flexibility index (Phi) is 27.1. The molecule has 425 valence electrons. The van der Waals surface area contributed by atoms with Crippen molar-refractivity contribution in [1.82, 2.24) is 14.7 Å². The van der Waals surface area contributed by atoms with E-state index in [1.807, 2.05) is 62.4 Å². The van der Waals surface area contributed by atoms with Crippen molar-refractivity contribution >= 4 is 52.0 Å². The number of ether oxygens (including phenoxy) is 5. The summed E-state index contributed by atoms with van der Waals surface area (Å²) in [6.45, 7) is -2.29. The minimum atomic E-state index is -5.17. The van der Waals surface area contributed by atoms with Gasteiger partial charge in [-0.05, 0) is 79.4 Å². The summed E-state index contributed by atoms with van der Waals surface area (Å²) in [6, 6.07) is 28.1. The molecule has 5 aromatic carbocycles. The van der Waals surface area contributed by atoms with E-state index < -0.39 is 96.3 Å². The number of carboxylic acids is 5. The molecule has 0 amide bonds. The van der Waals surface area contributed by atoms with Crippen molar-refractivity contribution < 1.29 is 141 Å². The molecule has 0 N–H and O–H groups in total. The molecule has 27 heteroatoms. The zero-order chi connectivity index (χ0) is 56.8. The third-order valence-corrected chi connectivity index (χ3v) is 12.8. The van der Waals surface area contributed by atoms with E-state index in [1.165, 1.54) is 53.4 Å². The van der Waals surface area contributed by atoms with Crippen molar-refractivity contribution in [3.8, 4) is 28.7 Å². The summed E-state index contributed by atoms with van der Waals surface area (Å²) < 4.78 is 72.5. The predicted molar refractivity (Wildman–Crippen MR) is 259 cm³/mol. The van der Waals surface area contributed by atoms with Crippen molar-refractivity contribution in [2.45, 2.75) is 55.4 Å². The van der Waals surface area contributed by atoms with Crippen molar-refractivity contribution in [1.29, 1.82) is 0 Å². The average molecular weight is 1280 g/mol. The maximum Gasteiger partial charge on any atom is 3.00 e. The van der Waals surface area contributed by atoms with E-state index in [-0.39, 0.29) is 114 Å². The number of aryl methyl sites for hydroxylation is 2. The van der Waals surface area contributed by atoms with Gasteiger partial charge >= 0.3 is 39.9 Å². The quantitative estimate of drug-likeness (QED) is 0.0168. The summed E-state index contributed by atoms with van der Waals surface area (Å²) in [7, 11) is -5.17. The molecule has 5 rings (SSSR count). The smallest absolute Gasteiger partial charge is 0.744 e. The molecule has 0 aliphatic rings. The number of carbonyl (C=O) groups is 5. The van der Waals surface area contributed by atoms with E-state index in [4.69, 9.17) is 23.7 Å². The molecule has 0 bridgehead atoms. The summed E-state index contributed by atoms with van der Waals surface area (Å²) in [4.78, 5) is 60.7. The van der Waals surface area contributed by atoms with Crippen LogP contribution in [0.3, 0.4) is 0 Å². The number of hydrogen-bond acceptors (Lipinski definition) is 25. The maximum atomic E-state index is 12.6. The number of hydrogen-bond donors (Lipinski definition) is 0. The Morgan fingerprint density at radius 3 is 1.49 bits per heavy atom. The Balaban J connectivity index is 0.0000134. The number of carboxylic acid groups (broad SMARTS) is 5. The van der Waals surface area contributed by atoms with Crippen LogP contribution in [-0.2, 0) is 63.1 Å². The molecule has 5 aromatic rings. The van der Waals surface area contributed by atoms with E-state index in [1.54, 1.807) is 6.07 Å². The standard InChI is InChI=1S/C52H59N3O21S2.Gd/c1-34-3-7-37(8-4-34)30-70-41-15-17-44(46(22-41)77-76-75-66)72-32-43(33-73-45-18-16-42(23-47(45)78(67,68)69)71-31-38-9-5-35(2)6-10-38)74-40-13-11-36(12-14-40)21-39(55(28-51(62)63)29-52(64)65)24-53(25-48(56)57)19-20-54(26-49(58)59)27-50(60)61;/h3-18,22-23,39,43,66H,19-21,24-33H2,1-2H3,(H,56,57)(H,58,59)(H,60,61)(H,62,63)(H,64,65)(H,67,68,69);/q;+3/p-7. The molecule has 0 saturated carbocycles. The van der Waals surface area contributed by atoms with Crippen LogP contribution in [-0.4, -0.2) is 135 Å². The second kappa shape index (κ2) is 32.8. The van der Waals surface area contributed by atoms with Gasteiger partial charge in [-0.25, -0.2) is 8.42 Å². The van der Waals surface area contributed by atoms with Crippen LogP contribution < -0.4 is 54.5 Å². The van der Waals surface area contributed by atoms with Crippen molar-refractivity contribution in [2.24, 2.45) is 0 Å². The molecule has 0 fully saturated rings. The summed E-state index contributed by atoms with van der Waals surface area (Å²) in [5, 5.41) is 72.7. The van der Waals surface area contributed by atoms with Crippen LogP contribution in [0.1, 0.15) is 27.8 Å². The zero-order valence-electron chi connectivity index (χ0n) is 42.3. The summed E-state index contributed by atoms with van der Waals surface area (Å²) in [6.07, 6.45) is -1.32. The molecular weight excluding hydrogens is 1220 g/mol. The molecule has 0 spiro atoms. The third kappa shape index (κ3) is 24.0. The molecule has 0 aromatic heterocycles. The molecule has 0 aliphatic heterocycles. The second-order valence-corrected chi connectivity index (χ2v) is 19.6. The van der Waals surface area contributed by atoms with Gasteiger partial charge in [-0.15, -0.1) is 0 Å². The Morgan fingerprint density at radius 1 is 0.557 bits per heavy atom. The van der Waals surface area contributed by atoms with Crippen molar-refractivity contribution in [3.63, 3.8) is 0 Å². The van der Waals surface area contributed by atoms with Crippen LogP contribution >= 0.6 is 12.0 Å². The van der Waals surface area contributed by atoms with Crippen molar-refractivity contribution in [2.75, 3.05) is 65.6 Å². The monoisotopic (exact) mass is 1280 g/mol. The van der Waals surface area contributed by atoms with Gasteiger partial charge in [0.25, 0.3) is 0 Å². The Bertz CT molecular complexity index is 2870. The van der Waals surface area contributed by atoms with Crippen LogP contribution in [0.5, 0.6) is 28.7 Å². The SMILES string of the molecule is Cc1ccc(COc2ccc(OCC(COc3ccc(OCc4ccc(C)cc4)cc3S(=O)(=O)[O-])Oc3ccc(CC(CN(CCN(CC(=O)[O-])CC(=O)[O-])CC(=O)[O-])N(CC(=O)[O-])CC(=O)[O-])cc3)c(SOO[O-])c2)cc1.[Gd+3]. The zero-order valence-corrected chi connectivity index (χ0v) is 46.2. The average Bonchev–Trinajstić information content (AvgIpc) is 3.37. The number of aliphatic carboxylic acids is 5. The largest absolute Gasteiger partial charge is 3.00 e. The molecule has 0 heterocycles. The number of nitrogens with zero attached hydrogens (tertiary/aromatic N) is 3. The molecule has 0 aliphatic carbocycles. The minimum absolute atomic E-state index is 0. The summed E-state index contributed by atoms with van der Waals surface area (Å²) in [5.41, 5.74) is 4.13. The predicted octanol–water partition coefficient (Wildman–Crippen LogP) is -2.93. The van der Waals surface area contributed by atoms with Gasteiger partial charge in [0.15, 0.2) is 6.10 Å². The van der Waals surface area contributed by atoms with Gasteiger partial charge in [0, 0.05) is 64.5 Å². The van der Waals surface area contributed by atoms with Crippen molar-refractivity contribution in [3.05, 3.63) is 137 Å². The fourth-order valence-corrected chi connectivity index (χ4v) is 8.70. The van der Waals surface area contributed by atoms with Gasteiger partial charge < -0.3 is 83.0 Å². The number of carbonyl (C=O) groups excluding carboxylic acids is 5. The van der Waals surface area contributed by atoms with Gasteiger partial charge in [0.2, 0.25) is 0 Å². The van der Waals surface area contributed by atoms with Crippen LogP contribution in [0.2, 0.25) is 0 Å². The summed E-state index contributed by atoms with van der Waals surface area (Å²) in [5.74, 6) is -7.97. The Hall–Kier alpha value is -6.21. The van der Waals surface area contributed by atoms with Crippen LogP contribution in [0.15, 0.2) is 119 Å². The normalized spacial score (nSPS) is 12.1. The molecular formula is C52H52GdN3O21S2-4. The second-order valence-electron chi connectivity index (χ2n) is 17.5. The Morgan fingerprint density at radius 2 is 1.00 bits per heavy atom. The molecule has 2 atom stereocenters. The number of benzene rings is 5. The van der Waals surface area contributed by atoms with E-state index in [2.05, 4.69) is 9.37 Å². The third-order valence-electron chi connectivity index (χ3n) is 11.3. The molecule has 79 heavy (non-hydrogen) atoms. The Labute approximate surface area is 490 Å². The maximum absolute atomic E-state index is 12.6. The van der Waals surface area contributed by atoms with E-state index in [9.17, 15) is 67.7 Å². The van der Waals surface area contributed by atoms with Gasteiger partial charge in [-0.3, -0.25) is 19.7 Å². The fourth-order valence-electron chi connectivity index (χ4n) is 7.59. The van der Waals surface area contributed by atoms with Gasteiger partial charge in [0.1, 0.15) is 65.3 Å². The first-order valence-electron chi connectivity index (χ1n) is 23.6.